The van der Waals surface area contributed by atoms with Gasteiger partial charge in [0.25, 0.3) is 5.91 Å². The normalized spacial score (nSPS) is 10.7. The lowest BCUT2D eigenvalue weighted by atomic mass is 10.1. The first kappa shape index (κ1) is 19.2. The predicted molar refractivity (Wildman–Crippen MR) is 91.5 cm³/mol. The lowest BCUT2D eigenvalue weighted by Gasteiger charge is -2.26. The van der Waals surface area contributed by atoms with E-state index in [9.17, 15) is 9.59 Å². The molecule has 5 heteroatoms. The second-order valence-electron chi connectivity index (χ2n) is 5.51. The van der Waals surface area contributed by atoms with Crippen LogP contribution in [-0.4, -0.2) is 61.5 Å². The van der Waals surface area contributed by atoms with Crippen molar-refractivity contribution in [1.29, 1.82) is 0 Å². The fourth-order valence-electron chi connectivity index (χ4n) is 2.32. The van der Waals surface area contributed by atoms with Gasteiger partial charge in [-0.1, -0.05) is 31.5 Å². The van der Waals surface area contributed by atoms with Gasteiger partial charge in [-0.25, -0.2) is 0 Å². The van der Waals surface area contributed by atoms with Crippen LogP contribution >= 0.6 is 0 Å². The number of esters is 1. The number of aryl methyl sites for hydroxylation is 1. The van der Waals surface area contributed by atoms with Crippen molar-refractivity contribution in [2.24, 2.45) is 0 Å². The molecule has 1 amide bonds. The van der Waals surface area contributed by atoms with Crippen molar-refractivity contribution in [3.63, 3.8) is 0 Å². The summed E-state index contributed by atoms with van der Waals surface area (Å²) in [6.45, 7) is 9.86. The van der Waals surface area contributed by atoms with E-state index in [0.717, 1.165) is 25.2 Å². The van der Waals surface area contributed by atoms with E-state index < -0.39 is 0 Å². The molecule has 0 aliphatic carbocycles. The number of amides is 1. The Morgan fingerprint density at radius 2 is 1.61 bits per heavy atom. The number of carbonyl (C=O) groups is 2. The van der Waals surface area contributed by atoms with Crippen molar-refractivity contribution in [2.75, 3.05) is 39.8 Å². The number of ether oxygens (including phenoxy) is 1. The van der Waals surface area contributed by atoms with E-state index >= 15 is 0 Å². The zero-order valence-electron chi connectivity index (χ0n) is 14.7. The molecule has 1 rings (SSSR count). The highest BCUT2D eigenvalue weighted by Crippen LogP contribution is 2.08. The van der Waals surface area contributed by atoms with Gasteiger partial charge < -0.3 is 14.5 Å². The number of methoxy groups -OCH3 is 1. The van der Waals surface area contributed by atoms with Crippen LogP contribution in [0.25, 0.3) is 0 Å². The van der Waals surface area contributed by atoms with Crippen molar-refractivity contribution in [3.8, 4) is 0 Å². The summed E-state index contributed by atoms with van der Waals surface area (Å²) in [7, 11) is 1.37. The average Bonchev–Trinajstić information content (AvgIpc) is 2.58. The van der Waals surface area contributed by atoms with Gasteiger partial charge in [-0.3, -0.25) is 9.59 Å². The summed E-state index contributed by atoms with van der Waals surface area (Å²) in [6.07, 6.45) is 0.215. The van der Waals surface area contributed by atoms with Crippen LogP contribution in [0.3, 0.4) is 0 Å². The Morgan fingerprint density at radius 1 is 1.00 bits per heavy atom. The molecule has 0 unspecified atom stereocenters. The van der Waals surface area contributed by atoms with Gasteiger partial charge >= 0.3 is 5.97 Å². The van der Waals surface area contributed by atoms with E-state index in [4.69, 9.17) is 0 Å². The largest absolute Gasteiger partial charge is 0.469 e. The highest BCUT2D eigenvalue weighted by atomic mass is 16.5. The molecule has 0 saturated heterocycles. The molecular weight excluding hydrogens is 292 g/mol. The molecule has 1 aromatic rings. The zero-order chi connectivity index (χ0) is 17.2. The van der Waals surface area contributed by atoms with E-state index in [0.29, 0.717) is 18.7 Å². The minimum Gasteiger partial charge on any atom is -0.469 e. The first-order chi connectivity index (χ1) is 11.0. The minimum absolute atomic E-state index is 0.0407. The van der Waals surface area contributed by atoms with Gasteiger partial charge in [0, 0.05) is 25.2 Å². The number of carbonyl (C=O) groups excluding carboxylic acids is 2. The maximum Gasteiger partial charge on any atom is 0.307 e. The molecule has 0 aromatic heterocycles. The number of nitrogens with zero attached hydrogens (tertiary/aromatic N) is 2. The van der Waals surface area contributed by atoms with Crippen LogP contribution in [0.4, 0.5) is 0 Å². The number of hydrogen-bond donors (Lipinski definition) is 0. The molecule has 0 saturated carbocycles. The monoisotopic (exact) mass is 320 g/mol. The van der Waals surface area contributed by atoms with Gasteiger partial charge in [0.1, 0.15) is 0 Å². The Balaban J connectivity index is 2.77. The first-order valence-electron chi connectivity index (χ1n) is 8.16. The van der Waals surface area contributed by atoms with Crippen molar-refractivity contribution >= 4 is 11.9 Å². The lowest BCUT2D eigenvalue weighted by molar-refractivity contribution is -0.140. The van der Waals surface area contributed by atoms with Crippen molar-refractivity contribution in [1.82, 2.24) is 9.80 Å². The molecule has 0 aliphatic heterocycles. The molecule has 0 bridgehead atoms. The molecule has 0 aliphatic rings. The van der Waals surface area contributed by atoms with Gasteiger partial charge in [0.15, 0.2) is 0 Å². The Kier molecular flexibility index (Phi) is 8.33. The minimum atomic E-state index is -0.297. The van der Waals surface area contributed by atoms with Gasteiger partial charge in [-0.15, -0.1) is 0 Å². The standard InChI is InChI=1S/C18H28N2O3/c1-5-19(6-2)13-14-20(12-11-17(21)23-4)18(22)16-9-7-15(3)8-10-16/h7-10H,5-6,11-14H2,1-4H3. The Labute approximate surface area is 139 Å². The second kappa shape index (κ2) is 10.0. The fourth-order valence-corrected chi connectivity index (χ4v) is 2.32. The smallest absolute Gasteiger partial charge is 0.307 e. The average molecular weight is 320 g/mol. The Hall–Kier alpha value is -1.88. The maximum atomic E-state index is 12.7. The third-order valence-corrected chi connectivity index (χ3v) is 3.98. The molecule has 23 heavy (non-hydrogen) atoms. The van der Waals surface area contributed by atoms with Crippen molar-refractivity contribution in [2.45, 2.75) is 27.2 Å². The molecule has 0 heterocycles. The molecule has 0 spiro atoms. The lowest BCUT2D eigenvalue weighted by Crippen LogP contribution is -2.39. The van der Waals surface area contributed by atoms with Crippen LogP contribution < -0.4 is 0 Å². The van der Waals surface area contributed by atoms with Crippen LogP contribution in [0.5, 0.6) is 0 Å². The third kappa shape index (κ3) is 6.40. The number of likely N-dealkylation sites (N-methyl/N-ethyl adjacent to an activating group) is 1. The van der Waals surface area contributed by atoms with Crippen molar-refractivity contribution < 1.29 is 14.3 Å². The molecule has 0 radical (unpaired) electrons. The highest BCUT2D eigenvalue weighted by molar-refractivity contribution is 5.94. The summed E-state index contributed by atoms with van der Waals surface area (Å²) in [5, 5.41) is 0. The van der Waals surface area contributed by atoms with E-state index in [1.807, 2.05) is 31.2 Å². The van der Waals surface area contributed by atoms with Crippen LogP contribution in [-0.2, 0) is 9.53 Å². The van der Waals surface area contributed by atoms with Gasteiger partial charge in [-0.05, 0) is 32.1 Å². The molecule has 5 nitrogen and oxygen atoms in total. The summed E-state index contributed by atoms with van der Waals surface area (Å²) in [5.41, 5.74) is 1.77. The Morgan fingerprint density at radius 3 is 2.13 bits per heavy atom. The number of rotatable bonds is 9. The molecule has 0 atom stereocenters. The molecular formula is C18H28N2O3. The molecule has 0 fully saturated rings. The SMILES string of the molecule is CCN(CC)CCN(CCC(=O)OC)C(=O)c1ccc(C)cc1. The number of benzene rings is 1. The quantitative estimate of drug-likeness (QED) is 0.655. The number of hydrogen-bond acceptors (Lipinski definition) is 4. The summed E-state index contributed by atoms with van der Waals surface area (Å²) in [4.78, 5) is 28.1. The maximum absolute atomic E-state index is 12.7. The van der Waals surface area contributed by atoms with E-state index in [2.05, 4.69) is 23.5 Å². The molecule has 0 N–H and O–H groups in total. The van der Waals surface area contributed by atoms with Gasteiger partial charge in [-0.2, -0.15) is 0 Å². The summed E-state index contributed by atoms with van der Waals surface area (Å²) in [6, 6.07) is 7.52. The van der Waals surface area contributed by atoms with Gasteiger partial charge in [0.2, 0.25) is 0 Å². The zero-order valence-corrected chi connectivity index (χ0v) is 14.7. The Bertz CT molecular complexity index is 495. The molecule has 128 valence electrons. The fraction of sp³-hybridized carbons (Fsp3) is 0.556. The van der Waals surface area contributed by atoms with Crippen LogP contribution in [0.1, 0.15) is 36.2 Å². The van der Waals surface area contributed by atoms with Crippen LogP contribution in [0, 0.1) is 6.92 Å². The highest BCUT2D eigenvalue weighted by Gasteiger charge is 2.17. The van der Waals surface area contributed by atoms with E-state index in [1.165, 1.54) is 7.11 Å². The first-order valence-corrected chi connectivity index (χ1v) is 8.16. The topological polar surface area (TPSA) is 49.9 Å². The summed E-state index contributed by atoms with van der Waals surface area (Å²) >= 11 is 0. The third-order valence-electron chi connectivity index (χ3n) is 3.98. The second-order valence-corrected chi connectivity index (χ2v) is 5.51. The van der Waals surface area contributed by atoms with E-state index in [1.54, 1.807) is 4.90 Å². The van der Waals surface area contributed by atoms with Crippen molar-refractivity contribution in [3.05, 3.63) is 35.4 Å². The van der Waals surface area contributed by atoms with Gasteiger partial charge in [0.05, 0.1) is 13.5 Å². The van der Waals surface area contributed by atoms with Crippen LogP contribution in [0.15, 0.2) is 24.3 Å². The summed E-state index contributed by atoms with van der Waals surface area (Å²) < 4.78 is 4.68. The molecule has 1 aromatic carbocycles. The summed E-state index contributed by atoms with van der Waals surface area (Å²) in [5.74, 6) is -0.337. The predicted octanol–water partition coefficient (Wildman–Crippen LogP) is 2.34. The van der Waals surface area contributed by atoms with E-state index in [-0.39, 0.29) is 18.3 Å². The van der Waals surface area contributed by atoms with Crippen LogP contribution in [0.2, 0.25) is 0 Å².